The molecule has 0 aliphatic heterocycles. The lowest BCUT2D eigenvalue weighted by Crippen LogP contribution is -2.03. The second kappa shape index (κ2) is 9.65. The first-order chi connectivity index (χ1) is 14.3. The van der Waals surface area contributed by atoms with E-state index < -0.39 is 0 Å². The van der Waals surface area contributed by atoms with Crippen LogP contribution in [0.1, 0.15) is 49.7 Å². The van der Waals surface area contributed by atoms with Crippen molar-refractivity contribution >= 4 is 0 Å². The number of hydrogen-bond acceptors (Lipinski definition) is 2. The average Bonchev–Trinajstić information content (AvgIpc) is 3.59. The van der Waals surface area contributed by atoms with Gasteiger partial charge in [-0.3, -0.25) is 0 Å². The Morgan fingerprint density at radius 3 is 2.31 bits per heavy atom. The van der Waals surface area contributed by atoms with Crippen molar-refractivity contribution in [2.45, 2.75) is 44.9 Å². The fraction of sp³-hybridized carbons (Fsp3) is 0.333. The molecule has 0 spiro atoms. The van der Waals surface area contributed by atoms with Crippen molar-refractivity contribution in [3.8, 4) is 17.2 Å². The molecule has 1 atom stereocenters. The molecule has 0 heterocycles. The van der Waals surface area contributed by atoms with Gasteiger partial charge in [0, 0.05) is 0 Å². The molecule has 2 nitrogen and oxygen atoms in total. The molecule has 1 aliphatic rings. The van der Waals surface area contributed by atoms with Crippen LogP contribution in [0.3, 0.4) is 0 Å². The van der Waals surface area contributed by atoms with Gasteiger partial charge in [0.25, 0.3) is 0 Å². The molecule has 0 bridgehead atoms. The summed E-state index contributed by atoms with van der Waals surface area (Å²) < 4.78 is 11.6. The van der Waals surface area contributed by atoms with Crippen LogP contribution in [0.5, 0.6) is 17.2 Å². The maximum Gasteiger partial charge on any atom is 0.127 e. The number of hydrogen-bond donors (Lipinski definition) is 0. The Kier molecular flexibility index (Phi) is 6.51. The fourth-order valence-electron chi connectivity index (χ4n) is 4.07. The molecular weight excluding hydrogens is 356 g/mol. The predicted octanol–water partition coefficient (Wildman–Crippen LogP) is 7.39. The predicted molar refractivity (Wildman–Crippen MR) is 119 cm³/mol. The van der Waals surface area contributed by atoms with Crippen LogP contribution < -0.4 is 9.47 Å². The second-order valence-corrected chi connectivity index (χ2v) is 7.90. The molecule has 3 aromatic carbocycles. The molecule has 0 N–H and O–H groups in total. The minimum Gasteiger partial charge on any atom is -0.494 e. The van der Waals surface area contributed by atoms with Crippen LogP contribution in [-0.4, -0.2) is 6.61 Å². The van der Waals surface area contributed by atoms with Crippen molar-refractivity contribution in [1.82, 2.24) is 0 Å². The Morgan fingerprint density at radius 2 is 1.59 bits per heavy atom. The molecule has 29 heavy (non-hydrogen) atoms. The van der Waals surface area contributed by atoms with Gasteiger partial charge in [-0.25, -0.2) is 0 Å². The lowest BCUT2D eigenvalue weighted by Gasteiger charge is -2.17. The summed E-state index contributed by atoms with van der Waals surface area (Å²) in [6.07, 6.45) is 6.27. The van der Waals surface area contributed by atoms with Gasteiger partial charge in [-0.05, 0) is 98.4 Å². The molecule has 3 aromatic rings. The molecule has 1 saturated carbocycles. The normalized spacial score (nSPS) is 14.4. The first kappa shape index (κ1) is 19.6. The topological polar surface area (TPSA) is 18.5 Å². The van der Waals surface area contributed by atoms with Gasteiger partial charge in [0.15, 0.2) is 0 Å². The van der Waals surface area contributed by atoms with Crippen molar-refractivity contribution in [2.75, 3.05) is 6.61 Å². The van der Waals surface area contributed by atoms with E-state index in [2.05, 4.69) is 42.5 Å². The molecule has 4 rings (SSSR count). The van der Waals surface area contributed by atoms with Crippen LogP contribution in [0.25, 0.3) is 0 Å². The largest absolute Gasteiger partial charge is 0.494 e. The van der Waals surface area contributed by atoms with E-state index in [0.29, 0.717) is 5.92 Å². The summed E-state index contributed by atoms with van der Waals surface area (Å²) in [7, 11) is 0. The van der Waals surface area contributed by atoms with E-state index in [9.17, 15) is 0 Å². The number of benzene rings is 3. The van der Waals surface area contributed by atoms with E-state index >= 15 is 0 Å². The maximum absolute atomic E-state index is 5.98. The van der Waals surface area contributed by atoms with E-state index in [1.165, 1.54) is 36.8 Å². The Balaban J connectivity index is 1.34. The van der Waals surface area contributed by atoms with Gasteiger partial charge in [-0.2, -0.15) is 0 Å². The van der Waals surface area contributed by atoms with Gasteiger partial charge >= 0.3 is 0 Å². The van der Waals surface area contributed by atoms with Crippen LogP contribution in [0.15, 0.2) is 78.9 Å². The molecule has 2 heteroatoms. The van der Waals surface area contributed by atoms with Crippen molar-refractivity contribution in [2.24, 2.45) is 5.92 Å². The van der Waals surface area contributed by atoms with Crippen LogP contribution >= 0.6 is 0 Å². The standard InChI is InChI=1S/C27H30O2/c1-2-28-24-18-16-23(17-19-24)27(22-14-15-22)13-7-9-21-8-6-12-26(20-21)29-25-10-4-3-5-11-25/h3-6,8,10-12,16-20,22,27H,2,7,9,13-15H2,1H3. The quantitative estimate of drug-likeness (QED) is 0.361. The molecule has 1 fully saturated rings. The summed E-state index contributed by atoms with van der Waals surface area (Å²) in [4.78, 5) is 0. The van der Waals surface area contributed by atoms with Crippen LogP contribution in [0.4, 0.5) is 0 Å². The maximum atomic E-state index is 5.98. The molecule has 0 aromatic heterocycles. The lowest BCUT2D eigenvalue weighted by atomic mass is 9.88. The Labute approximate surface area is 174 Å². The van der Waals surface area contributed by atoms with E-state index in [-0.39, 0.29) is 0 Å². The van der Waals surface area contributed by atoms with Gasteiger partial charge in [-0.15, -0.1) is 0 Å². The summed E-state index contributed by atoms with van der Waals surface area (Å²) in [6, 6.07) is 27.3. The number of aryl methyl sites for hydroxylation is 1. The third-order valence-corrected chi connectivity index (χ3v) is 5.67. The zero-order valence-corrected chi connectivity index (χ0v) is 17.2. The van der Waals surface area contributed by atoms with Gasteiger partial charge < -0.3 is 9.47 Å². The minimum absolute atomic E-state index is 0.675. The second-order valence-electron chi connectivity index (χ2n) is 7.90. The van der Waals surface area contributed by atoms with E-state index in [4.69, 9.17) is 9.47 Å². The molecular formula is C27H30O2. The van der Waals surface area contributed by atoms with Crippen LogP contribution in [0.2, 0.25) is 0 Å². The highest BCUT2D eigenvalue weighted by Gasteiger charge is 2.31. The molecule has 1 unspecified atom stereocenters. The fourth-order valence-corrected chi connectivity index (χ4v) is 4.07. The summed E-state index contributed by atoms with van der Waals surface area (Å²) in [5.41, 5.74) is 2.82. The first-order valence-electron chi connectivity index (χ1n) is 10.9. The zero-order chi connectivity index (χ0) is 19.9. The zero-order valence-electron chi connectivity index (χ0n) is 17.2. The van der Waals surface area contributed by atoms with Gasteiger partial charge in [0.2, 0.25) is 0 Å². The van der Waals surface area contributed by atoms with Gasteiger partial charge in [0.05, 0.1) is 6.61 Å². The van der Waals surface area contributed by atoms with Crippen LogP contribution in [-0.2, 0) is 6.42 Å². The minimum atomic E-state index is 0.675. The third kappa shape index (κ3) is 5.63. The van der Waals surface area contributed by atoms with Gasteiger partial charge in [-0.1, -0.05) is 42.5 Å². The van der Waals surface area contributed by atoms with Crippen LogP contribution in [0, 0.1) is 5.92 Å². The SMILES string of the molecule is CCOc1ccc(C(CCCc2cccc(Oc3ccccc3)c2)C2CC2)cc1. The molecule has 0 radical (unpaired) electrons. The van der Waals surface area contributed by atoms with E-state index in [1.807, 2.05) is 43.3 Å². The molecule has 1 aliphatic carbocycles. The molecule has 0 amide bonds. The van der Waals surface area contributed by atoms with Crippen molar-refractivity contribution < 1.29 is 9.47 Å². The number of ether oxygens (including phenoxy) is 2. The van der Waals surface area contributed by atoms with E-state index in [1.54, 1.807) is 0 Å². The number of rotatable bonds is 10. The smallest absolute Gasteiger partial charge is 0.127 e. The summed E-state index contributed by atoms with van der Waals surface area (Å²) in [5.74, 6) is 4.31. The summed E-state index contributed by atoms with van der Waals surface area (Å²) in [6.45, 7) is 2.75. The third-order valence-electron chi connectivity index (χ3n) is 5.67. The molecule has 150 valence electrons. The molecule has 0 saturated heterocycles. The monoisotopic (exact) mass is 386 g/mol. The summed E-state index contributed by atoms with van der Waals surface area (Å²) in [5, 5.41) is 0. The van der Waals surface area contributed by atoms with Gasteiger partial charge in [0.1, 0.15) is 17.2 Å². The van der Waals surface area contributed by atoms with Crippen molar-refractivity contribution in [3.63, 3.8) is 0 Å². The van der Waals surface area contributed by atoms with E-state index in [0.717, 1.165) is 36.2 Å². The highest BCUT2D eigenvalue weighted by atomic mass is 16.5. The first-order valence-corrected chi connectivity index (χ1v) is 10.9. The lowest BCUT2D eigenvalue weighted by molar-refractivity contribution is 0.340. The Bertz CT molecular complexity index is 882. The number of para-hydroxylation sites is 1. The Hall–Kier alpha value is -2.74. The highest BCUT2D eigenvalue weighted by Crippen LogP contribution is 2.45. The highest BCUT2D eigenvalue weighted by molar-refractivity contribution is 5.34. The summed E-state index contributed by atoms with van der Waals surface area (Å²) >= 11 is 0. The van der Waals surface area contributed by atoms with Crippen molar-refractivity contribution in [3.05, 3.63) is 90.0 Å². The Morgan fingerprint density at radius 1 is 0.828 bits per heavy atom. The average molecular weight is 387 g/mol. The van der Waals surface area contributed by atoms with Crippen molar-refractivity contribution in [1.29, 1.82) is 0 Å².